The Kier molecular flexibility index (Phi) is 5.16. The van der Waals surface area contributed by atoms with Crippen molar-refractivity contribution in [3.05, 3.63) is 24.0 Å². The second kappa shape index (κ2) is 7.29. The summed E-state index contributed by atoms with van der Waals surface area (Å²) >= 11 is 0. The number of likely N-dealkylation sites (tertiary alicyclic amines) is 1. The van der Waals surface area contributed by atoms with E-state index in [1.54, 1.807) is 0 Å². The predicted molar refractivity (Wildman–Crippen MR) is 88.0 cm³/mol. The van der Waals surface area contributed by atoms with Crippen molar-refractivity contribution in [3.8, 4) is 0 Å². The number of carbonyl (C=O) groups is 1. The molecule has 1 N–H and O–H groups in total. The molecule has 3 rings (SSSR count). The van der Waals surface area contributed by atoms with Crippen LogP contribution in [-0.2, 0) is 0 Å². The molecule has 22 heavy (non-hydrogen) atoms. The number of carbonyl (C=O) groups excluding carboxylic acids is 1. The minimum atomic E-state index is 0.138. The van der Waals surface area contributed by atoms with Gasteiger partial charge in [-0.05, 0) is 44.0 Å². The van der Waals surface area contributed by atoms with Crippen molar-refractivity contribution in [1.82, 2.24) is 19.7 Å². The third kappa shape index (κ3) is 3.70. The van der Waals surface area contributed by atoms with Crippen molar-refractivity contribution in [2.24, 2.45) is 5.92 Å². The van der Waals surface area contributed by atoms with Gasteiger partial charge in [0.1, 0.15) is 5.69 Å². The van der Waals surface area contributed by atoms with E-state index in [0.29, 0.717) is 5.69 Å². The summed E-state index contributed by atoms with van der Waals surface area (Å²) in [6, 6.07) is 3.74. The van der Waals surface area contributed by atoms with Crippen LogP contribution in [0.25, 0.3) is 0 Å². The molecule has 5 nitrogen and oxygen atoms in total. The summed E-state index contributed by atoms with van der Waals surface area (Å²) in [5.41, 5.74) is 0.708. The van der Waals surface area contributed by atoms with Gasteiger partial charge in [-0.15, -0.1) is 0 Å². The molecule has 3 heterocycles. The van der Waals surface area contributed by atoms with Gasteiger partial charge in [-0.2, -0.15) is 0 Å². The van der Waals surface area contributed by atoms with Crippen LogP contribution >= 0.6 is 0 Å². The molecule has 2 saturated heterocycles. The Morgan fingerprint density at radius 1 is 1.23 bits per heavy atom. The smallest absolute Gasteiger partial charge is 0.270 e. The lowest BCUT2D eigenvalue weighted by Crippen LogP contribution is -2.51. The van der Waals surface area contributed by atoms with Crippen LogP contribution in [0.4, 0.5) is 0 Å². The van der Waals surface area contributed by atoms with E-state index in [2.05, 4.69) is 21.7 Å². The number of rotatable bonds is 4. The zero-order chi connectivity index (χ0) is 15.4. The number of amides is 1. The second-order valence-corrected chi connectivity index (χ2v) is 6.58. The number of H-pyrrole nitrogens is 1. The topological polar surface area (TPSA) is 42.6 Å². The molecule has 1 unspecified atom stereocenters. The van der Waals surface area contributed by atoms with Gasteiger partial charge in [-0.25, -0.2) is 0 Å². The first kappa shape index (κ1) is 15.6. The normalized spacial score (nSPS) is 24.6. The first-order chi connectivity index (χ1) is 10.8. The Labute approximate surface area is 133 Å². The molecule has 2 fully saturated rings. The zero-order valence-electron chi connectivity index (χ0n) is 13.6. The molecule has 1 aromatic rings. The number of aromatic nitrogens is 1. The average Bonchev–Trinajstić information content (AvgIpc) is 3.09. The number of hydrogen-bond acceptors (Lipinski definition) is 3. The molecule has 2 aliphatic rings. The van der Waals surface area contributed by atoms with Gasteiger partial charge in [0.05, 0.1) is 0 Å². The molecule has 5 heteroatoms. The van der Waals surface area contributed by atoms with Crippen molar-refractivity contribution in [2.45, 2.75) is 19.8 Å². The van der Waals surface area contributed by atoms with Gasteiger partial charge in [0.15, 0.2) is 0 Å². The van der Waals surface area contributed by atoms with Crippen LogP contribution in [0.15, 0.2) is 18.3 Å². The number of piperidine rings is 1. The maximum absolute atomic E-state index is 12.3. The largest absolute Gasteiger partial charge is 0.357 e. The highest BCUT2D eigenvalue weighted by molar-refractivity contribution is 5.92. The van der Waals surface area contributed by atoms with Crippen molar-refractivity contribution in [3.63, 3.8) is 0 Å². The zero-order valence-corrected chi connectivity index (χ0v) is 13.6. The third-order valence-corrected chi connectivity index (χ3v) is 5.05. The van der Waals surface area contributed by atoms with E-state index in [1.807, 2.05) is 23.2 Å². The summed E-state index contributed by atoms with van der Waals surface area (Å²) < 4.78 is 0. The maximum Gasteiger partial charge on any atom is 0.270 e. The van der Waals surface area contributed by atoms with E-state index >= 15 is 0 Å². The summed E-state index contributed by atoms with van der Waals surface area (Å²) in [6.07, 6.45) is 4.51. The number of aromatic amines is 1. The Hall–Kier alpha value is -1.33. The first-order valence-corrected chi connectivity index (χ1v) is 8.63. The van der Waals surface area contributed by atoms with Crippen LogP contribution < -0.4 is 0 Å². The molecule has 0 bridgehead atoms. The van der Waals surface area contributed by atoms with Gasteiger partial charge >= 0.3 is 0 Å². The molecule has 122 valence electrons. The maximum atomic E-state index is 12.3. The van der Waals surface area contributed by atoms with Crippen LogP contribution in [-0.4, -0.2) is 77.9 Å². The fourth-order valence-electron chi connectivity index (χ4n) is 3.72. The minimum absolute atomic E-state index is 0.138. The van der Waals surface area contributed by atoms with E-state index in [-0.39, 0.29) is 5.91 Å². The van der Waals surface area contributed by atoms with Gasteiger partial charge in [0.25, 0.3) is 5.91 Å². The molecule has 0 aliphatic carbocycles. The van der Waals surface area contributed by atoms with Crippen LogP contribution in [0.5, 0.6) is 0 Å². The molecular formula is C17H28N4O. The first-order valence-electron chi connectivity index (χ1n) is 8.63. The minimum Gasteiger partial charge on any atom is -0.357 e. The lowest BCUT2D eigenvalue weighted by molar-refractivity contribution is 0.0576. The molecule has 2 aliphatic heterocycles. The molecule has 0 spiro atoms. The van der Waals surface area contributed by atoms with Crippen LogP contribution in [0.3, 0.4) is 0 Å². The molecule has 1 atom stereocenters. The van der Waals surface area contributed by atoms with Gasteiger partial charge in [-0.1, -0.05) is 6.92 Å². The average molecular weight is 304 g/mol. The van der Waals surface area contributed by atoms with Gasteiger partial charge < -0.3 is 14.8 Å². The Morgan fingerprint density at radius 2 is 2.05 bits per heavy atom. The molecular weight excluding hydrogens is 276 g/mol. The van der Waals surface area contributed by atoms with E-state index in [9.17, 15) is 4.79 Å². The number of piperazine rings is 1. The summed E-state index contributed by atoms with van der Waals surface area (Å²) in [5.74, 6) is 0.943. The van der Waals surface area contributed by atoms with Crippen molar-refractivity contribution in [1.29, 1.82) is 0 Å². The SMILES string of the molecule is CCN1CCCC(CN2CCN(C(=O)c3ccc[nH]3)CC2)C1. The summed E-state index contributed by atoms with van der Waals surface area (Å²) in [6.45, 7) is 10.9. The molecule has 0 radical (unpaired) electrons. The van der Waals surface area contributed by atoms with E-state index < -0.39 is 0 Å². The standard InChI is InChI=1S/C17H28N4O/c1-2-19-8-4-5-15(13-19)14-20-9-11-21(12-10-20)17(22)16-6-3-7-18-16/h3,6-7,15,18H,2,4-5,8-14H2,1H3. The fraction of sp³-hybridized carbons (Fsp3) is 0.706. The lowest BCUT2D eigenvalue weighted by Gasteiger charge is -2.39. The van der Waals surface area contributed by atoms with Crippen LogP contribution in [0.1, 0.15) is 30.3 Å². The molecule has 1 amide bonds. The number of hydrogen-bond donors (Lipinski definition) is 1. The third-order valence-electron chi connectivity index (χ3n) is 5.05. The van der Waals surface area contributed by atoms with Crippen LogP contribution in [0.2, 0.25) is 0 Å². The summed E-state index contributed by atoms with van der Waals surface area (Å²) in [5, 5.41) is 0. The van der Waals surface area contributed by atoms with Crippen LogP contribution in [0, 0.1) is 5.92 Å². The highest BCUT2D eigenvalue weighted by Crippen LogP contribution is 2.18. The molecule has 1 aromatic heterocycles. The quantitative estimate of drug-likeness (QED) is 0.917. The van der Waals surface area contributed by atoms with E-state index in [1.165, 1.54) is 39.0 Å². The van der Waals surface area contributed by atoms with Crippen molar-refractivity contribution >= 4 is 5.91 Å². The molecule has 0 saturated carbocycles. The van der Waals surface area contributed by atoms with Gasteiger partial charge in [0.2, 0.25) is 0 Å². The van der Waals surface area contributed by atoms with Crippen molar-refractivity contribution in [2.75, 3.05) is 52.4 Å². The predicted octanol–water partition coefficient (Wildman–Crippen LogP) is 1.50. The lowest BCUT2D eigenvalue weighted by atomic mass is 9.97. The second-order valence-electron chi connectivity index (χ2n) is 6.58. The Balaban J connectivity index is 1.45. The molecule has 0 aromatic carbocycles. The van der Waals surface area contributed by atoms with Crippen molar-refractivity contribution < 1.29 is 4.79 Å². The highest BCUT2D eigenvalue weighted by Gasteiger charge is 2.26. The highest BCUT2D eigenvalue weighted by atomic mass is 16.2. The fourth-order valence-corrected chi connectivity index (χ4v) is 3.72. The van der Waals surface area contributed by atoms with Gasteiger partial charge in [-0.3, -0.25) is 9.69 Å². The summed E-state index contributed by atoms with van der Waals surface area (Å²) in [7, 11) is 0. The number of nitrogens with one attached hydrogen (secondary N) is 1. The monoisotopic (exact) mass is 304 g/mol. The number of nitrogens with zero attached hydrogens (tertiary/aromatic N) is 3. The van der Waals surface area contributed by atoms with Gasteiger partial charge in [0, 0.05) is 45.5 Å². The Morgan fingerprint density at radius 3 is 2.73 bits per heavy atom. The summed E-state index contributed by atoms with van der Waals surface area (Å²) in [4.78, 5) is 22.4. The Bertz CT molecular complexity index is 465. The van der Waals surface area contributed by atoms with E-state index in [4.69, 9.17) is 0 Å². The van der Waals surface area contributed by atoms with E-state index in [0.717, 1.165) is 32.1 Å².